The summed E-state index contributed by atoms with van der Waals surface area (Å²) in [6.45, 7) is 6.60. The summed E-state index contributed by atoms with van der Waals surface area (Å²) in [6.07, 6.45) is 1.05. The predicted molar refractivity (Wildman–Crippen MR) is 86.0 cm³/mol. The van der Waals surface area contributed by atoms with E-state index in [4.69, 9.17) is 0 Å². The molecular weight excluding hydrogens is 281 g/mol. The van der Waals surface area contributed by atoms with E-state index >= 15 is 0 Å². The molecule has 0 aromatic heterocycles. The highest BCUT2D eigenvalue weighted by molar-refractivity contribution is 5.80. The maximum absolute atomic E-state index is 13.0. The first kappa shape index (κ1) is 16.9. The number of nitrogens with zero attached hydrogens (tertiary/aromatic N) is 3. The lowest BCUT2D eigenvalue weighted by Gasteiger charge is -2.28. The molecule has 1 aliphatic heterocycles. The summed E-state index contributed by atoms with van der Waals surface area (Å²) in [7, 11) is 3.61. The second kappa shape index (κ2) is 7.70. The van der Waals surface area contributed by atoms with Crippen molar-refractivity contribution in [3.8, 4) is 0 Å². The van der Waals surface area contributed by atoms with E-state index in [0.29, 0.717) is 0 Å². The molecule has 4 nitrogen and oxygen atoms in total. The fourth-order valence-corrected chi connectivity index (χ4v) is 2.91. The lowest BCUT2D eigenvalue weighted by molar-refractivity contribution is -0.133. The molecule has 0 bridgehead atoms. The molecule has 0 spiro atoms. The summed E-state index contributed by atoms with van der Waals surface area (Å²) in [5, 5.41) is 0. The van der Waals surface area contributed by atoms with Crippen LogP contribution in [0, 0.1) is 5.82 Å². The highest BCUT2D eigenvalue weighted by Crippen LogP contribution is 2.12. The number of halogens is 1. The van der Waals surface area contributed by atoms with Crippen LogP contribution in [0.1, 0.15) is 18.9 Å². The highest BCUT2D eigenvalue weighted by atomic mass is 19.1. The third-order valence-electron chi connectivity index (χ3n) is 4.29. The molecule has 2 rings (SSSR count). The maximum Gasteiger partial charge on any atom is 0.239 e. The van der Waals surface area contributed by atoms with Gasteiger partial charge in [-0.3, -0.25) is 14.6 Å². The molecule has 122 valence electrons. The fraction of sp³-hybridized carbons (Fsp3) is 0.588. The molecule has 1 amide bonds. The van der Waals surface area contributed by atoms with Gasteiger partial charge in [0.25, 0.3) is 0 Å². The summed E-state index contributed by atoms with van der Waals surface area (Å²) >= 11 is 0. The zero-order valence-corrected chi connectivity index (χ0v) is 13.8. The van der Waals surface area contributed by atoms with E-state index in [1.807, 2.05) is 19.1 Å². The summed E-state index contributed by atoms with van der Waals surface area (Å²) < 4.78 is 13.0. The lowest BCUT2D eigenvalue weighted by atomic mass is 10.2. The quantitative estimate of drug-likeness (QED) is 0.849. The Balaban J connectivity index is 1.89. The van der Waals surface area contributed by atoms with E-state index in [1.54, 1.807) is 19.0 Å². The minimum atomic E-state index is -0.193. The topological polar surface area (TPSA) is 26.8 Å². The number of carbonyl (C=O) groups is 1. The average molecular weight is 307 g/mol. The van der Waals surface area contributed by atoms with E-state index < -0.39 is 0 Å². The van der Waals surface area contributed by atoms with Crippen molar-refractivity contribution in [1.82, 2.24) is 14.7 Å². The Hall–Kier alpha value is -1.46. The van der Waals surface area contributed by atoms with Crippen molar-refractivity contribution in [3.63, 3.8) is 0 Å². The van der Waals surface area contributed by atoms with Crippen LogP contribution in [-0.4, -0.2) is 66.9 Å². The van der Waals surface area contributed by atoms with Crippen LogP contribution in [0.3, 0.4) is 0 Å². The largest absolute Gasteiger partial charge is 0.347 e. The summed E-state index contributed by atoms with van der Waals surface area (Å²) in [5.41, 5.74) is 1.13. The molecule has 0 N–H and O–H groups in total. The van der Waals surface area contributed by atoms with Gasteiger partial charge in [0.1, 0.15) is 5.82 Å². The molecule has 1 atom stereocenters. The van der Waals surface area contributed by atoms with Crippen molar-refractivity contribution in [2.75, 3.05) is 40.3 Å². The first-order chi connectivity index (χ1) is 10.5. The molecular formula is C17H26FN3O. The van der Waals surface area contributed by atoms with Crippen LogP contribution >= 0.6 is 0 Å². The Morgan fingerprint density at radius 3 is 2.50 bits per heavy atom. The molecule has 1 aromatic rings. The first-order valence-corrected chi connectivity index (χ1v) is 7.89. The van der Waals surface area contributed by atoms with Gasteiger partial charge in [-0.1, -0.05) is 12.1 Å². The van der Waals surface area contributed by atoms with Gasteiger partial charge >= 0.3 is 0 Å². The number of benzene rings is 1. The normalized spacial score (nSPS) is 18.7. The third kappa shape index (κ3) is 4.52. The van der Waals surface area contributed by atoms with Gasteiger partial charge in [0.15, 0.2) is 0 Å². The molecule has 5 heteroatoms. The Morgan fingerprint density at radius 1 is 1.18 bits per heavy atom. The van der Waals surface area contributed by atoms with Crippen LogP contribution in [0.25, 0.3) is 0 Å². The molecule has 1 saturated heterocycles. The Morgan fingerprint density at radius 2 is 1.86 bits per heavy atom. The number of likely N-dealkylation sites (N-methyl/N-ethyl adjacent to an activating group) is 1. The van der Waals surface area contributed by atoms with Crippen molar-refractivity contribution in [2.45, 2.75) is 25.9 Å². The molecule has 1 aliphatic rings. The number of carbonyl (C=O) groups excluding carboxylic acids is 1. The van der Waals surface area contributed by atoms with Crippen molar-refractivity contribution in [3.05, 3.63) is 35.6 Å². The zero-order chi connectivity index (χ0) is 16.1. The maximum atomic E-state index is 13.0. The fourth-order valence-electron chi connectivity index (χ4n) is 2.91. The van der Waals surface area contributed by atoms with Crippen LogP contribution in [0.5, 0.6) is 0 Å². The van der Waals surface area contributed by atoms with Gasteiger partial charge in [-0.05, 0) is 37.6 Å². The van der Waals surface area contributed by atoms with Gasteiger partial charge in [0.05, 0.1) is 6.04 Å². The number of amides is 1. The standard InChI is InChI=1S/C17H26FN3O/c1-14(17(22)19(2)3)21-10-4-9-20(11-12-21)13-15-5-7-16(18)8-6-15/h5-8,14H,4,9-13H2,1-3H3. The monoisotopic (exact) mass is 307 g/mol. The van der Waals surface area contributed by atoms with Gasteiger partial charge in [-0.2, -0.15) is 0 Å². The molecule has 1 aromatic carbocycles. The zero-order valence-electron chi connectivity index (χ0n) is 13.8. The molecule has 1 unspecified atom stereocenters. The van der Waals surface area contributed by atoms with Gasteiger partial charge in [-0.15, -0.1) is 0 Å². The van der Waals surface area contributed by atoms with E-state index in [-0.39, 0.29) is 17.8 Å². The SMILES string of the molecule is CC(C(=O)N(C)C)N1CCCN(Cc2ccc(F)cc2)CC1. The Bertz CT molecular complexity index is 489. The summed E-state index contributed by atoms with van der Waals surface area (Å²) in [5.74, 6) is -0.0335. The average Bonchev–Trinajstić information content (AvgIpc) is 2.73. The number of hydrogen-bond donors (Lipinski definition) is 0. The van der Waals surface area contributed by atoms with Crippen LogP contribution in [0.4, 0.5) is 4.39 Å². The van der Waals surface area contributed by atoms with E-state index in [2.05, 4.69) is 9.80 Å². The summed E-state index contributed by atoms with van der Waals surface area (Å²) in [4.78, 5) is 18.4. The van der Waals surface area contributed by atoms with Crippen molar-refractivity contribution < 1.29 is 9.18 Å². The number of rotatable bonds is 4. The van der Waals surface area contributed by atoms with Crippen LogP contribution in [0.15, 0.2) is 24.3 Å². The lowest BCUT2D eigenvalue weighted by Crippen LogP contribution is -2.46. The Labute approximate surface area is 132 Å². The molecule has 0 saturated carbocycles. The predicted octanol–water partition coefficient (Wildman–Crippen LogP) is 1.81. The van der Waals surface area contributed by atoms with Gasteiger partial charge in [0, 0.05) is 40.3 Å². The Kier molecular flexibility index (Phi) is 5.91. The van der Waals surface area contributed by atoms with Gasteiger partial charge in [-0.25, -0.2) is 4.39 Å². The van der Waals surface area contributed by atoms with E-state index in [1.165, 1.54) is 12.1 Å². The van der Waals surface area contributed by atoms with E-state index in [9.17, 15) is 9.18 Å². The minimum Gasteiger partial charge on any atom is -0.347 e. The first-order valence-electron chi connectivity index (χ1n) is 7.89. The third-order valence-corrected chi connectivity index (χ3v) is 4.29. The van der Waals surface area contributed by atoms with Crippen molar-refractivity contribution in [2.24, 2.45) is 0 Å². The van der Waals surface area contributed by atoms with Crippen LogP contribution in [-0.2, 0) is 11.3 Å². The van der Waals surface area contributed by atoms with Gasteiger partial charge in [0.2, 0.25) is 5.91 Å². The van der Waals surface area contributed by atoms with Gasteiger partial charge < -0.3 is 4.90 Å². The van der Waals surface area contributed by atoms with Crippen molar-refractivity contribution >= 4 is 5.91 Å². The molecule has 1 heterocycles. The van der Waals surface area contributed by atoms with E-state index in [0.717, 1.165) is 44.7 Å². The second-order valence-corrected chi connectivity index (χ2v) is 6.20. The second-order valence-electron chi connectivity index (χ2n) is 6.20. The van der Waals surface area contributed by atoms with Crippen molar-refractivity contribution in [1.29, 1.82) is 0 Å². The van der Waals surface area contributed by atoms with Crippen LogP contribution in [0.2, 0.25) is 0 Å². The smallest absolute Gasteiger partial charge is 0.239 e. The molecule has 1 fully saturated rings. The molecule has 0 aliphatic carbocycles. The highest BCUT2D eigenvalue weighted by Gasteiger charge is 2.24. The van der Waals surface area contributed by atoms with Crippen LogP contribution < -0.4 is 0 Å². The molecule has 0 radical (unpaired) electrons. The summed E-state index contributed by atoms with van der Waals surface area (Å²) in [6, 6.07) is 6.64. The molecule has 22 heavy (non-hydrogen) atoms. The minimum absolute atomic E-state index is 0.0687. The number of hydrogen-bond acceptors (Lipinski definition) is 3.